The first-order valence-electron chi connectivity index (χ1n) is 13.6. The number of aryl methyl sites for hydroxylation is 1. The van der Waals surface area contributed by atoms with E-state index in [0.717, 1.165) is 39.7 Å². The van der Waals surface area contributed by atoms with Gasteiger partial charge < -0.3 is 15.0 Å². The highest BCUT2D eigenvalue weighted by Gasteiger charge is 2.32. The quantitative estimate of drug-likeness (QED) is 0.308. The van der Waals surface area contributed by atoms with E-state index < -0.39 is 34.3 Å². The molecule has 3 aromatic carbocycles. The van der Waals surface area contributed by atoms with Crippen LogP contribution in [0.3, 0.4) is 0 Å². The second-order valence-corrected chi connectivity index (χ2v) is 12.0. The molecule has 0 heterocycles. The Morgan fingerprint density at radius 3 is 2.17 bits per heavy atom. The standard InChI is InChI=1S/C31H38FN3O5S/c1-6-40-28-15-13-27(14-16-28)35(41(38,39)29-17-11-26(32)12-18-29)21-30(36)34(20-25-10-8-7-9-23(25)4)24(5)31(37)33-19-22(2)3/h7-18,22,24H,6,19-21H2,1-5H3,(H,33,37)/t24-/m1/s1. The second-order valence-electron chi connectivity index (χ2n) is 10.2. The summed E-state index contributed by atoms with van der Waals surface area (Å²) in [6.45, 7) is 9.70. The molecule has 1 N–H and O–H groups in total. The third kappa shape index (κ3) is 8.29. The van der Waals surface area contributed by atoms with Gasteiger partial charge in [-0.15, -0.1) is 0 Å². The topological polar surface area (TPSA) is 96.0 Å². The summed E-state index contributed by atoms with van der Waals surface area (Å²) in [5.41, 5.74) is 1.99. The molecular weight excluding hydrogens is 545 g/mol. The summed E-state index contributed by atoms with van der Waals surface area (Å²) in [7, 11) is -4.30. The molecule has 0 aromatic heterocycles. The number of nitrogens with zero attached hydrogens (tertiary/aromatic N) is 2. The van der Waals surface area contributed by atoms with Gasteiger partial charge in [-0.1, -0.05) is 38.1 Å². The zero-order chi connectivity index (χ0) is 30.2. The molecule has 0 bridgehead atoms. The van der Waals surface area contributed by atoms with Crippen LogP contribution in [0.2, 0.25) is 0 Å². The van der Waals surface area contributed by atoms with Crippen molar-refractivity contribution in [3.8, 4) is 5.75 Å². The van der Waals surface area contributed by atoms with Crippen molar-refractivity contribution in [1.82, 2.24) is 10.2 Å². The van der Waals surface area contributed by atoms with Crippen LogP contribution in [0, 0.1) is 18.7 Å². The van der Waals surface area contributed by atoms with Crippen LogP contribution >= 0.6 is 0 Å². The third-order valence-corrected chi connectivity index (χ3v) is 8.36. The maximum absolute atomic E-state index is 14.0. The van der Waals surface area contributed by atoms with Gasteiger partial charge in [-0.2, -0.15) is 0 Å². The van der Waals surface area contributed by atoms with Crippen LogP contribution in [-0.2, 0) is 26.2 Å². The molecule has 0 aliphatic carbocycles. The van der Waals surface area contributed by atoms with Gasteiger partial charge in [-0.05, 0) is 86.3 Å². The van der Waals surface area contributed by atoms with Crippen LogP contribution in [0.15, 0.2) is 77.7 Å². The molecule has 0 aliphatic heterocycles. The minimum atomic E-state index is -4.30. The number of benzene rings is 3. The minimum absolute atomic E-state index is 0.107. The zero-order valence-corrected chi connectivity index (χ0v) is 24.9. The number of carbonyl (C=O) groups is 2. The number of hydrogen-bond acceptors (Lipinski definition) is 5. The fraction of sp³-hybridized carbons (Fsp3) is 0.355. The molecule has 0 aliphatic rings. The molecule has 2 amide bonds. The van der Waals surface area contributed by atoms with Crippen molar-refractivity contribution in [2.45, 2.75) is 52.1 Å². The van der Waals surface area contributed by atoms with E-state index in [9.17, 15) is 22.4 Å². The van der Waals surface area contributed by atoms with Crippen LogP contribution in [0.4, 0.5) is 10.1 Å². The van der Waals surface area contributed by atoms with E-state index in [1.54, 1.807) is 31.2 Å². The highest BCUT2D eigenvalue weighted by atomic mass is 32.2. The van der Waals surface area contributed by atoms with Gasteiger partial charge in [0.25, 0.3) is 10.0 Å². The van der Waals surface area contributed by atoms with E-state index in [1.807, 2.05) is 52.0 Å². The molecule has 0 radical (unpaired) electrons. The Balaban J connectivity index is 2.03. The summed E-state index contributed by atoms with van der Waals surface area (Å²) in [5, 5.41) is 2.87. The number of hydrogen-bond donors (Lipinski definition) is 1. The van der Waals surface area contributed by atoms with Crippen molar-refractivity contribution < 1.29 is 27.1 Å². The van der Waals surface area contributed by atoms with Gasteiger partial charge in [0.15, 0.2) is 0 Å². The van der Waals surface area contributed by atoms with Gasteiger partial charge in [0.2, 0.25) is 11.8 Å². The smallest absolute Gasteiger partial charge is 0.264 e. The number of ether oxygens (including phenoxy) is 1. The Labute approximate surface area is 242 Å². The third-order valence-electron chi connectivity index (χ3n) is 6.57. The highest BCUT2D eigenvalue weighted by molar-refractivity contribution is 7.92. The molecule has 3 aromatic rings. The van der Waals surface area contributed by atoms with Crippen LogP contribution in [0.1, 0.15) is 38.8 Å². The monoisotopic (exact) mass is 583 g/mol. The van der Waals surface area contributed by atoms with Gasteiger partial charge >= 0.3 is 0 Å². The van der Waals surface area contributed by atoms with Crippen molar-refractivity contribution in [2.24, 2.45) is 5.92 Å². The van der Waals surface area contributed by atoms with Crippen molar-refractivity contribution in [3.63, 3.8) is 0 Å². The average Bonchev–Trinajstić information content (AvgIpc) is 2.94. The molecule has 0 fully saturated rings. The first-order valence-corrected chi connectivity index (χ1v) is 15.0. The summed E-state index contributed by atoms with van der Waals surface area (Å²) >= 11 is 0. The van der Waals surface area contributed by atoms with E-state index in [4.69, 9.17) is 4.74 Å². The lowest BCUT2D eigenvalue weighted by molar-refractivity contribution is -0.139. The summed E-state index contributed by atoms with van der Waals surface area (Å²) in [6, 6.07) is 17.4. The van der Waals surface area contributed by atoms with E-state index in [2.05, 4.69) is 5.32 Å². The van der Waals surface area contributed by atoms with Crippen LogP contribution in [-0.4, -0.2) is 50.9 Å². The van der Waals surface area contributed by atoms with Crippen molar-refractivity contribution >= 4 is 27.5 Å². The number of sulfonamides is 1. The largest absolute Gasteiger partial charge is 0.494 e. The molecular formula is C31H38FN3O5S. The Morgan fingerprint density at radius 2 is 1.59 bits per heavy atom. The van der Waals surface area contributed by atoms with E-state index in [0.29, 0.717) is 18.9 Å². The lowest BCUT2D eigenvalue weighted by Crippen LogP contribution is -2.51. The Hall–Kier alpha value is -3.92. The van der Waals surface area contributed by atoms with Crippen LogP contribution in [0.25, 0.3) is 0 Å². The second kappa shape index (κ2) is 14.1. The van der Waals surface area contributed by atoms with E-state index in [-0.39, 0.29) is 29.0 Å². The fourth-order valence-electron chi connectivity index (χ4n) is 4.14. The SMILES string of the molecule is CCOc1ccc(N(CC(=O)N(Cc2ccccc2C)[C@H](C)C(=O)NCC(C)C)S(=O)(=O)c2ccc(F)cc2)cc1. The molecule has 10 heteroatoms. The average molecular weight is 584 g/mol. The first-order chi connectivity index (χ1) is 19.4. The molecule has 41 heavy (non-hydrogen) atoms. The zero-order valence-electron chi connectivity index (χ0n) is 24.1. The number of nitrogens with one attached hydrogen (secondary N) is 1. The summed E-state index contributed by atoms with van der Waals surface area (Å²) < 4.78 is 47.7. The van der Waals surface area contributed by atoms with E-state index >= 15 is 0 Å². The molecule has 0 saturated carbocycles. The predicted octanol–water partition coefficient (Wildman–Crippen LogP) is 4.92. The first kappa shape index (κ1) is 31.6. The molecule has 1 atom stereocenters. The summed E-state index contributed by atoms with van der Waals surface area (Å²) in [5.74, 6) is -0.742. The minimum Gasteiger partial charge on any atom is -0.494 e. The molecule has 0 spiro atoms. The van der Waals surface area contributed by atoms with Gasteiger partial charge in [-0.3, -0.25) is 13.9 Å². The van der Waals surface area contributed by atoms with Gasteiger partial charge in [-0.25, -0.2) is 12.8 Å². The van der Waals surface area contributed by atoms with Crippen molar-refractivity contribution in [2.75, 3.05) is 24.0 Å². The molecule has 220 valence electrons. The molecule has 8 nitrogen and oxygen atoms in total. The van der Waals surface area contributed by atoms with Crippen LogP contribution in [0.5, 0.6) is 5.75 Å². The maximum atomic E-state index is 14.0. The van der Waals surface area contributed by atoms with Crippen molar-refractivity contribution in [1.29, 1.82) is 0 Å². The van der Waals surface area contributed by atoms with Gasteiger partial charge in [0, 0.05) is 13.1 Å². The fourth-order valence-corrected chi connectivity index (χ4v) is 5.56. The summed E-state index contributed by atoms with van der Waals surface area (Å²) in [6.07, 6.45) is 0. The van der Waals surface area contributed by atoms with Gasteiger partial charge in [0.1, 0.15) is 24.2 Å². The molecule has 3 rings (SSSR count). The van der Waals surface area contributed by atoms with Crippen molar-refractivity contribution in [3.05, 3.63) is 89.7 Å². The number of rotatable bonds is 13. The number of anilines is 1. The predicted molar refractivity (Wildman–Crippen MR) is 158 cm³/mol. The lowest BCUT2D eigenvalue weighted by atomic mass is 10.1. The van der Waals surface area contributed by atoms with E-state index in [1.165, 1.54) is 4.90 Å². The Morgan fingerprint density at radius 1 is 0.951 bits per heavy atom. The lowest BCUT2D eigenvalue weighted by Gasteiger charge is -2.32. The number of halogens is 1. The van der Waals surface area contributed by atoms with Gasteiger partial charge in [0.05, 0.1) is 17.2 Å². The summed E-state index contributed by atoms with van der Waals surface area (Å²) in [4.78, 5) is 28.3. The van der Waals surface area contributed by atoms with Crippen LogP contribution < -0.4 is 14.4 Å². The highest BCUT2D eigenvalue weighted by Crippen LogP contribution is 2.27. The molecule has 0 unspecified atom stereocenters. The maximum Gasteiger partial charge on any atom is 0.264 e. The normalized spacial score (nSPS) is 12.1. The Bertz CT molecular complexity index is 1430. The Kier molecular flexibility index (Phi) is 10.9. The number of amides is 2. The number of carbonyl (C=O) groups excluding carboxylic acids is 2. The molecule has 0 saturated heterocycles.